The van der Waals surface area contributed by atoms with E-state index >= 15 is 0 Å². The highest BCUT2D eigenvalue weighted by Gasteiger charge is 2.09. The molecule has 1 unspecified atom stereocenters. The summed E-state index contributed by atoms with van der Waals surface area (Å²) in [5, 5.41) is 1.10. The zero-order valence-corrected chi connectivity index (χ0v) is 13.8. The number of rotatable bonds is 7. The molecule has 0 N–H and O–H groups in total. The standard InChI is InChI=1S/C14H21Br2N/c1-3-5-13(9-15)11-17(2)10-12-6-4-7-14(16)8-12/h4,6-8,13H,3,5,9-11H2,1-2H3. The van der Waals surface area contributed by atoms with Gasteiger partial charge in [-0.05, 0) is 37.1 Å². The minimum atomic E-state index is 0.761. The summed E-state index contributed by atoms with van der Waals surface area (Å²) in [6.07, 6.45) is 2.56. The molecule has 0 radical (unpaired) electrons. The molecule has 0 heterocycles. The van der Waals surface area contributed by atoms with E-state index in [2.05, 4.69) is 75.0 Å². The highest BCUT2D eigenvalue weighted by atomic mass is 79.9. The molecule has 0 aliphatic rings. The van der Waals surface area contributed by atoms with Gasteiger partial charge in [0.2, 0.25) is 0 Å². The fraction of sp³-hybridized carbons (Fsp3) is 0.571. The predicted molar refractivity (Wildman–Crippen MR) is 82.7 cm³/mol. The summed E-state index contributed by atoms with van der Waals surface area (Å²) in [6, 6.07) is 8.55. The zero-order valence-electron chi connectivity index (χ0n) is 10.6. The molecule has 0 saturated heterocycles. The Labute approximate surface area is 122 Å². The van der Waals surface area contributed by atoms with Crippen molar-refractivity contribution in [2.75, 3.05) is 18.9 Å². The number of halogens is 2. The largest absolute Gasteiger partial charge is 0.302 e. The lowest BCUT2D eigenvalue weighted by Crippen LogP contribution is -2.26. The molecule has 0 fully saturated rings. The zero-order chi connectivity index (χ0) is 12.7. The third kappa shape index (κ3) is 6.03. The fourth-order valence-electron chi connectivity index (χ4n) is 2.08. The first kappa shape index (κ1) is 15.2. The Morgan fingerprint density at radius 1 is 1.35 bits per heavy atom. The van der Waals surface area contributed by atoms with Crippen LogP contribution in [-0.2, 0) is 6.54 Å². The fourth-order valence-corrected chi connectivity index (χ4v) is 3.05. The van der Waals surface area contributed by atoms with Gasteiger partial charge in [0.25, 0.3) is 0 Å². The van der Waals surface area contributed by atoms with Gasteiger partial charge in [-0.1, -0.05) is 57.3 Å². The highest BCUT2D eigenvalue weighted by Crippen LogP contribution is 2.15. The van der Waals surface area contributed by atoms with Gasteiger partial charge >= 0.3 is 0 Å². The number of benzene rings is 1. The monoisotopic (exact) mass is 361 g/mol. The van der Waals surface area contributed by atoms with Crippen LogP contribution >= 0.6 is 31.9 Å². The van der Waals surface area contributed by atoms with E-state index < -0.39 is 0 Å². The Kier molecular flexibility index (Phi) is 7.40. The van der Waals surface area contributed by atoms with Crippen LogP contribution in [0, 0.1) is 5.92 Å². The van der Waals surface area contributed by atoms with E-state index in [1.54, 1.807) is 0 Å². The average Bonchev–Trinajstić information content (AvgIpc) is 2.28. The number of alkyl halides is 1. The van der Waals surface area contributed by atoms with Crippen LogP contribution < -0.4 is 0 Å². The summed E-state index contributed by atoms with van der Waals surface area (Å²) in [6.45, 7) is 4.43. The first-order chi connectivity index (χ1) is 8.15. The lowest BCUT2D eigenvalue weighted by Gasteiger charge is -2.22. The van der Waals surface area contributed by atoms with E-state index in [0.29, 0.717) is 0 Å². The van der Waals surface area contributed by atoms with Gasteiger partial charge in [-0.2, -0.15) is 0 Å². The summed E-state index contributed by atoms with van der Waals surface area (Å²) in [4.78, 5) is 2.41. The Balaban J connectivity index is 2.45. The van der Waals surface area contributed by atoms with Crippen LogP contribution in [0.25, 0.3) is 0 Å². The van der Waals surface area contributed by atoms with Crippen molar-refractivity contribution in [1.82, 2.24) is 4.90 Å². The smallest absolute Gasteiger partial charge is 0.0231 e. The van der Waals surface area contributed by atoms with Crippen molar-refractivity contribution < 1.29 is 0 Å². The summed E-state index contributed by atoms with van der Waals surface area (Å²) in [7, 11) is 2.20. The molecule has 1 aromatic carbocycles. The molecule has 0 aromatic heterocycles. The third-order valence-electron chi connectivity index (χ3n) is 2.83. The van der Waals surface area contributed by atoms with E-state index in [4.69, 9.17) is 0 Å². The Bertz CT molecular complexity index is 328. The first-order valence-corrected chi connectivity index (χ1v) is 8.06. The van der Waals surface area contributed by atoms with Crippen molar-refractivity contribution in [3.8, 4) is 0 Å². The minimum absolute atomic E-state index is 0.761. The average molecular weight is 363 g/mol. The number of hydrogen-bond acceptors (Lipinski definition) is 1. The summed E-state index contributed by atoms with van der Waals surface area (Å²) < 4.78 is 1.16. The second-order valence-electron chi connectivity index (χ2n) is 4.64. The molecule has 17 heavy (non-hydrogen) atoms. The molecule has 1 rings (SSSR count). The predicted octanol–water partition coefficient (Wildman–Crippen LogP) is 4.69. The Morgan fingerprint density at radius 2 is 2.12 bits per heavy atom. The van der Waals surface area contributed by atoms with E-state index in [0.717, 1.165) is 28.8 Å². The topological polar surface area (TPSA) is 3.24 Å². The highest BCUT2D eigenvalue weighted by molar-refractivity contribution is 9.10. The van der Waals surface area contributed by atoms with Gasteiger partial charge in [-0.3, -0.25) is 0 Å². The summed E-state index contributed by atoms with van der Waals surface area (Å²) >= 11 is 7.12. The molecule has 1 atom stereocenters. The van der Waals surface area contributed by atoms with Crippen molar-refractivity contribution in [2.45, 2.75) is 26.3 Å². The number of hydrogen-bond donors (Lipinski definition) is 0. The van der Waals surface area contributed by atoms with Gasteiger partial charge in [-0.25, -0.2) is 0 Å². The summed E-state index contributed by atoms with van der Waals surface area (Å²) in [5.41, 5.74) is 1.37. The minimum Gasteiger partial charge on any atom is -0.302 e. The van der Waals surface area contributed by atoms with Gasteiger partial charge < -0.3 is 4.90 Å². The van der Waals surface area contributed by atoms with Gasteiger partial charge in [0, 0.05) is 22.9 Å². The lowest BCUT2D eigenvalue weighted by molar-refractivity contribution is 0.273. The molecule has 0 bridgehead atoms. The summed E-state index contributed by atoms with van der Waals surface area (Å²) in [5.74, 6) is 0.761. The van der Waals surface area contributed by atoms with Crippen LogP contribution in [0.15, 0.2) is 28.7 Å². The molecular formula is C14H21Br2N. The Hall–Kier alpha value is 0.140. The van der Waals surface area contributed by atoms with Crippen molar-refractivity contribution in [2.24, 2.45) is 5.92 Å². The molecule has 0 aliphatic carbocycles. The van der Waals surface area contributed by atoms with Crippen LogP contribution in [-0.4, -0.2) is 23.8 Å². The maximum atomic E-state index is 3.61. The van der Waals surface area contributed by atoms with Crippen molar-refractivity contribution in [3.63, 3.8) is 0 Å². The molecule has 3 heteroatoms. The van der Waals surface area contributed by atoms with Crippen LogP contribution in [0.2, 0.25) is 0 Å². The molecule has 1 aromatic rings. The second kappa shape index (κ2) is 8.28. The van der Waals surface area contributed by atoms with Gasteiger partial charge in [-0.15, -0.1) is 0 Å². The first-order valence-electron chi connectivity index (χ1n) is 6.14. The van der Waals surface area contributed by atoms with E-state index in [1.165, 1.54) is 18.4 Å². The number of nitrogens with zero attached hydrogens (tertiary/aromatic N) is 1. The molecule has 1 nitrogen and oxygen atoms in total. The van der Waals surface area contributed by atoms with Gasteiger partial charge in [0.15, 0.2) is 0 Å². The lowest BCUT2D eigenvalue weighted by atomic mass is 10.1. The van der Waals surface area contributed by atoms with Crippen molar-refractivity contribution in [1.29, 1.82) is 0 Å². The van der Waals surface area contributed by atoms with Crippen LogP contribution in [0.3, 0.4) is 0 Å². The SMILES string of the molecule is CCCC(CBr)CN(C)Cc1cccc(Br)c1. The van der Waals surface area contributed by atoms with Crippen LogP contribution in [0.1, 0.15) is 25.3 Å². The van der Waals surface area contributed by atoms with Crippen LogP contribution in [0.5, 0.6) is 0 Å². The van der Waals surface area contributed by atoms with Crippen LogP contribution in [0.4, 0.5) is 0 Å². The Morgan fingerprint density at radius 3 is 2.71 bits per heavy atom. The van der Waals surface area contributed by atoms with Crippen molar-refractivity contribution in [3.05, 3.63) is 34.3 Å². The van der Waals surface area contributed by atoms with E-state index in [9.17, 15) is 0 Å². The maximum Gasteiger partial charge on any atom is 0.0231 e. The quantitative estimate of drug-likeness (QED) is 0.636. The van der Waals surface area contributed by atoms with Crippen molar-refractivity contribution >= 4 is 31.9 Å². The molecular weight excluding hydrogens is 342 g/mol. The van der Waals surface area contributed by atoms with E-state index in [1.807, 2.05) is 0 Å². The third-order valence-corrected chi connectivity index (χ3v) is 4.24. The van der Waals surface area contributed by atoms with Gasteiger partial charge in [0.05, 0.1) is 0 Å². The van der Waals surface area contributed by atoms with E-state index in [-0.39, 0.29) is 0 Å². The normalized spacial score (nSPS) is 13.0. The maximum absolute atomic E-state index is 3.61. The van der Waals surface area contributed by atoms with Gasteiger partial charge in [0.1, 0.15) is 0 Å². The molecule has 0 spiro atoms. The molecule has 0 amide bonds. The molecule has 96 valence electrons. The molecule has 0 aliphatic heterocycles. The second-order valence-corrected chi connectivity index (χ2v) is 6.20. The molecule has 0 saturated carbocycles.